The van der Waals surface area contributed by atoms with E-state index in [2.05, 4.69) is 15.9 Å². The third-order valence-electron chi connectivity index (χ3n) is 3.72. The second-order valence-electron chi connectivity index (χ2n) is 5.36. The molecule has 2 heterocycles. The Hall–Kier alpha value is -1.32. The fourth-order valence-corrected chi connectivity index (χ4v) is 4.59. The van der Waals surface area contributed by atoms with E-state index in [0.717, 1.165) is 10.0 Å². The summed E-state index contributed by atoms with van der Waals surface area (Å²) in [6, 6.07) is 3.71. The second kappa shape index (κ2) is 7.28. The molecule has 6 nitrogen and oxygen atoms in total. The number of halogens is 1. The van der Waals surface area contributed by atoms with E-state index in [0.29, 0.717) is 35.2 Å². The largest absolute Gasteiger partial charge is 0.481 e. The van der Waals surface area contributed by atoms with Crippen molar-refractivity contribution in [2.75, 3.05) is 13.3 Å². The Bertz CT molecular complexity index is 711. The van der Waals surface area contributed by atoms with Crippen LogP contribution < -0.4 is 9.47 Å². The Balaban J connectivity index is 1.67. The van der Waals surface area contributed by atoms with Crippen LogP contribution in [0.5, 0.6) is 11.5 Å². The Labute approximate surface area is 156 Å². The van der Waals surface area contributed by atoms with Gasteiger partial charge in [-0.25, -0.2) is 0 Å². The molecule has 1 aromatic carbocycles. The minimum atomic E-state index is -0.874. The van der Waals surface area contributed by atoms with Gasteiger partial charge >= 0.3 is 5.97 Å². The Kier molecular flexibility index (Phi) is 5.31. The quantitative estimate of drug-likeness (QED) is 0.693. The molecule has 1 fully saturated rings. The van der Waals surface area contributed by atoms with E-state index >= 15 is 0 Å². The van der Waals surface area contributed by atoms with Gasteiger partial charge < -0.3 is 14.6 Å². The van der Waals surface area contributed by atoms with Crippen molar-refractivity contribution >= 4 is 56.1 Å². The first-order valence-electron chi connectivity index (χ1n) is 7.27. The number of hydrogen-bond acceptors (Lipinski definition) is 6. The van der Waals surface area contributed by atoms with Crippen molar-refractivity contribution in [1.82, 2.24) is 4.90 Å². The topological polar surface area (TPSA) is 76.1 Å². The van der Waals surface area contributed by atoms with Crippen LogP contribution in [0.15, 0.2) is 16.6 Å². The number of fused-ring (bicyclic) bond motifs is 1. The first-order valence-corrected chi connectivity index (χ1v) is 9.35. The Morgan fingerprint density at radius 2 is 2.12 bits per heavy atom. The van der Waals surface area contributed by atoms with Crippen LogP contribution in [0.2, 0.25) is 0 Å². The van der Waals surface area contributed by atoms with Crippen LogP contribution in [-0.4, -0.2) is 44.8 Å². The number of carboxylic acid groups (broad SMARTS) is 1. The predicted octanol–water partition coefficient (Wildman–Crippen LogP) is 2.81. The van der Waals surface area contributed by atoms with Crippen LogP contribution in [0.25, 0.3) is 0 Å². The number of benzene rings is 1. The minimum absolute atomic E-state index is 0.0232. The molecule has 1 amide bonds. The SMILES string of the molecule is O=C(O)CCCN1C(=O)C(Cc2cc3c(cc2Br)OCO3)SC1=S. The van der Waals surface area contributed by atoms with Crippen molar-refractivity contribution in [1.29, 1.82) is 0 Å². The lowest BCUT2D eigenvalue weighted by molar-refractivity contribution is -0.137. The maximum Gasteiger partial charge on any atom is 0.303 e. The van der Waals surface area contributed by atoms with Crippen molar-refractivity contribution < 1.29 is 24.2 Å². The normalized spacial score (nSPS) is 19.2. The molecule has 1 unspecified atom stereocenters. The summed E-state index contributed by atoms with van der Waals surface area (Å²) in [5.74, 6) is 0.410. The molecule has 9 heteroatoms. The lowest BCUT2D eigenvalue weighted by Gasteiger charge is -2.15. The maximum absolute atomic E-state index is 12.5. The highest BCUT2D eigenvalue weighted by atomic mass is 79.9. The van der Waals surface area contributed by atoms with Crippen molar-refractivity contribution in [2.24, 2.45) is 0 Å². The monoisotopic (exact) mass is 431 g/mol. The summed E-state index contributed by atoms with van der Waals surface area (Å²) in [4.78, 5) is 24.7. The number of thiocarbonyl (C=S) groups is 1. The van der Waals surface area contributed by atoms with E-state index in [1.54, 1.807) is 0 Å². The number of carbonyl (C=O) groups excluding carboxylic acids is 1. The highest BCUT2D eigenvalue weighted by Gasteiger charge is 2.37. The van der Waals surface area contributed by atoms with Gasteiger partial charge in [-0.15, -0.1) is 0 Å². The van der Waals surface area contributed by atoms with Gasteiger partial charge in [0.2, 0.25) is 12.7 Å². The van der Waals surface area contributed by atoms with E-state index < -0.39 is 5.97 Å². The molecule has 1 atom stereocenters. The molecular formula is C15H14BrNO5S2. The highest BCUT2D eigenvalue weighted by molar-refractivity contribution is 9.10. The Morgan fingerprint density at radius 1 is 1.42 bits per heavy atom. The number of ether oxygens (including phenoxy) is 2. The van der Waals surface area contributed by atoms with E-state index in [4.69, 9.17) is 26.8 Å². The van der Waals surface area contributed by atoms with Crippen LogP contribution in [-0.2, 0) is 16.0 Å². The third kappa shape index (κ3) is 3.68. The molecule has 2 aliphatic rings. The van der Waals surface area contributed by atoms with E-state index in [9.17, 15) is 9.59 Å². The number of thioether (sulfide) groups is 1. The Morgan fingerprint density at radius 3 is 2.83 bits per heavy atom. The third-order valence-corrected chi connectivity index (χ3v) is 6.05. The van der Waals surface area contributed by atoms with Crippen molar-refractivity contribution in [3.63, 3.8) is 0 Å². The molecule has 3 rings (SSSR count). The van der Waals surface area contributed by atoms with Gasteiger partial charge in [-0.05, 0) is 30.5 Å². The summed E-state index contributed by atoms with van der Waals surface area (Å²) in [5, 5.41) is 8.40. The fourth-order valence-electron chi connectivity index (χ4n) is 2.53. The summed E-state index contributed by atoms with van der Waals surface area (Å²) >= 11 is 10.1. The molecule has 1 aromatic rings. The first kappa shape index (κ1) is 17.5. The van der Waals surface area contributed by atoms with E-state index in [1.165, 1.54) is 16.7 Å². The average Bonchev–Trinajstić information content (AvgIpc) is 3.06. The van der Waals surface area contributed by atoms with Gasteiger partial charge in [0, 0.05) is 17.4 Å². The minimum Gasteiger partial charge on any atom is -0.481 e. The molecule has 0 radical (unpaired) electrons. The number of carbonyl (C=O) groups is 2. The molecule has 1 saturated heterocycles. The molecule has 0 bridgehead atoms. The van der Waals surface area contributed by atoms with Crippen molar-refractivity contribution in [3.8, 4) is 11.5 Å². The van der Waals surface area contributed by atoms with Crippen LogP contribution >= 0.6 is 39.9 Å². The zero-order chi connectivity index (χ0) is 17.3. The van der Waals surface area contributed by atoms with Crippen LogP contribution in [0, 0.1) is 0 Å². The lowest BCUT2D eigenvalue weighted by atomic mass is 10.1. The van der Waals surface area contributed by atoms with E-state index in [1.807, 2.05) is 12.1 Å². The lowest BCUT2D eigenvalue weighted by Crippen LogP contribution is -2.33. The number of nitrogens with zero attached hydrogens (tertiary/aromatic N) is 1. The van der Waals surface area contributed by atoms with Crippen molar-refractivity contribution in [3.05, 3.63) is 22.2 Å². The van der Waals surface area contributed by atoms with Crippen LogP contribution in [0.3, 0.4) is 0 Å². The van der Waals surface area contributed by atoms with Gasteiger partial charge in [0.25, 0.3) is 0 Å². The van der Waals surface area contributed by atoms with Crippen LogP contribution in [0.1, 0.15) is 18.4 Å². The summed E-state index contributed by atoms with van der Waals surface area (Å²) in [6.07, 6.45) is 0.925. The number of aliphatic carboxylic acids is 1. The molecule has 1 N–H and O–H groups in total. The predicted molar refractivity (Wildman–Crippen MR) is 96.5 cm³/mol. The van der Waals surface area contributed by atoms with Crippen molar-refractivity contribution in [2.45, 2.75) is 24.5 Å². The second-order valence-corrected chi connectivity index (χ2v) is 8.05. The van der Waals surface area contributed by atoms with Gasteiger partial charge in [-0.2, -0.15) is 0 Å². The number of amides is 1. The molecular weight excluding hydrogens is 418 g/mol. The standard InChI is InChI=1S/C15H14BrNO5S2/c16-9-6-11-10(21-7-22-11)4-8(9)5-12-14(20)17(15(23)24-12)3-1-2-13(18)19/h4,6,12H,1-3,5,7H2,(H,18,19). The molecule has 24 heavy (non-hydrogen) atoms. The van der Waals surface area contributed by atoms with Gasteiger partial charge in [0.05, 0.1) is 5.25 Å². The summed E-state index contributed by atoms with van der Waals surface area (Å²) in [5.41, 5.74) is 0.945. The first-order chi connectivity index (χ1) is 11.5. The smallest absolute Gasteiger partial charge is 0.303 e. The molecule has 2 aliphatic heterocycles. The average molecular weight is 432 g/mol. The zero-order valence-corrected chi connectivity index (χ0v) is 15.7. The molecule has 0 spiro atoms. The van der Waals surface area contributed by atoms with Gasteiger partial charge in [-0.1, -0.05) is 39.9 Å². The number of carboxylic acids is 1. The molecule has 0 saturated carbocycles. The summed E-state index contributed by atoms with van der Waals surface area (Å²) in [6.45, 7) is 0.541. The molecule has 0 aromatic heterocycles. The van der Waals surface area contributed by atoms with Gasteiger partial charge in [-0.3, -0.25) is 14.5 Å². The van der Waals surface area contributed by atoms with Gasteiger partial charge in [0.15, 0.2) is 11.5 Å². The fraction of sp³-hybridized carbons (Fsp3) is 0.400. The van der Waals surface area contributed by atoms with E-state index in [-0.39, 0.29) is 24.4 Å². The summed E-state index contributed by atoms with van der Waals surface area (Å²) in [7, 11) is 0. The number of rotatable bonds is 6. The zero-order valence-electron chi connectivity index (χ0n) is 12.5. The van der Waals surface area contributed by atoms with Gasteiger partial charge in [0.1, 0.15) is 4.32 Å². The highest BCUT2D eigenvalue weighted by Crippen LogP contribution is 2.39. The maximum atomic E-state index is 12.5. The molecule has 128 valence electrons. The number of hydrogen-bond donors (Lipinski definition) is 1. The molecule has 0 aliphatic carbocycles. The van der Waals surface area contributed by atoms with Crippen LogP contribution in [0.4, 0.5) is 0 Å². The summed E-state index contributed by atoms with van der Waals surface area (Å²) < 4.78 is 12.1.